The van der Waals surface area contributed by atoms with Crippen LogP contribution in [0.1, 0.15) is 31.2 Å². The fraction of sp³-hybridized carbons (Fsp3) is 0.439. The smallest absolute Gasteiger partial charge is 0.409 e. The van der Waals surface area contributed by atoms with Crippen molar-refractivity contribution in [3.05, 3.63) is 72.3 Å². The zero-order chi connectivity index (χ0) is 37.0. The number of nitrogens with zero attached hydrogens (tertiary/aromatic N) is 5. The lowest BCUT2D eigenvalue weighted by atomic mass is 9.92. The first-order valence-corrected chi connectivity index (χ1v) is 18.9. The molecule has 0 saturated carbocycles. The molecule has 0 spiro atoms. The number of hydrogen-bond donors (Lipinski definition) is 1. The molecule has 6 heterocycles. The van der Waals surface area contributed by atoms with E-state index in [-0.39, 0.29) is 48.5 Å². The summed E-state index contributed by atoms with van der Waals surface area (Å²) in [4.78, 5) is 28.8. The second-order valence-corrected chi connectivity index (χ2v) is 15.0. The lowest BCUT2D eigenvalue weighted by molar-refractivity contribution is 0.0139. The van der Waals surface area contributed by atoms with E-state index in [0.717, 1.165) is 49.7 Å². The number of ether oxygens (including phenoxy) is 4. The molecule has 1 N–H and O–H groups in total. The van der Waals surface area contributed by atoms with Crippen LogP contribution in [0.4, 0.5) is 19.4 Å². The molecule has 1 amide bonds. The van der Waals surface area contributed by atoms with Crippen LogP contribution in [0.25, 0.3) is 38.9 Å². The standard InChI is InChI=1S/C41H44F2N6O5/c1-3-29-32(42)8-7-26-5-4-6-30(34(26)29)31-19-33-35-37(36(31)43)45-39(46-38(35)48-13-12-44-21-27(48)10-16-52-33)54-24-41-11-9-28(49(41)22-25(2)20-41)23-53-40(50)47-14-17-51-18-15-47/h3-8,19,27-28,44H,1-2,9-18,20-24H2/t27-,28+,41+/m1/s1. The summed E-state index contributed by atoms with van der Waals surface area (Å²) in [5.41, 5.74) is 1.83. The summed E-state index contributed by atoms with van der Waals surface area (Å²) in [6, 6.07) is 10.4. The molecule has 4 fully saturated rings. The average Bonchev–Trinajstić information content (AvgIpc) is 3.69. The van der Waals surface area contributed by atoms with E-state index in [2.05, 4.69) is 28.3 Å². The molecule has 1 aromatic heterocycles. The van der Waals surface area contributed by atoms with Crippen molar-refractivity contribution in [1.29, 1.82) is 0 Å². The molecule has 0 aliphatic carbocycles. The van der Waals surface area contributed by atoms with E-state index in [9.17, 15) is 4.79 Å². The third-order valence-corrected chi connectivity index (χ3v) is 11.8. The molecule has 0 unspecified atom stereocenters. The highest BCUT2D eigenvalue weighted by molar-refractivity contribution is 6.06. The molecule has 9 rings (SSSR count). The minimum Gasteiger partial charge on any atom is -0.493 e. The summed E-state index contributed by atoms with van der Waals surface area (Å²) in [5, 5.41) is 5.28. The third-order valence-electron chi connectivity index (χ3n) is 11.8. The number of anilines is 1. The Balaban J connectivity index is 1.09. The molecule has 4 aromatic rings. The summed E-state index contributed by atoms with van der Waals surface area (Å²) in [5.74, 6) is 0.0361. The molecule has 3 aromatic carbocycles. The number of morpholine rings is 1. The molecule has 4 saturated heterocycles. The van der Waals surface area contributed by atoms with Crippen molar-refractivity contribution in [2.24, 2.45) is 0 Å². The van der Waals surface area contributed by atoms with Crippen molar-refractivity contribution in [1.82, 2.24) is 25.1 Å². The second-order valence-electron chi connectivity index (χ2n) is 15.0. The molecule has 13 heteroatoms. The minimum atomic E-state index is -0.568. The van der Waals surface area contributed by atoms with Crippen LogP contribution in [0.5, 0.6) is 11.8 Å². The highest BCUT2D eigenvalue weighted by Gasteiger charge is 2.51. The Morgan fingerprint density at radius 2 is 1.94 bits per heavy atom. The Bertz CT molecular complexity index is 2160. The number of halogens is 2. The van der Waals surface area contributed by atoms with Gasteiger partial charge in [0.05, 0.1) is 30.7 Å². The topological polar surface area (TPSA) is 102 Å². The van der Waals surface area contributed by atoms with Crippen LogP contribution < -0.4 is 19.7 Å². The fourth-order valence-electron chi connectivity index (χ4n) is 9.15. The summed E-state index contributed by atoms with van der Waals surface area (Å²) in [6.45, 7) is 14.0. The van der Waals surface area contributed by atoms with Crippen molar-refractivity contribution in [2.45, 2.75) is 43.3 Å². The van der Waals surface area contributed by atoms with E-state index < -0.39 is 17.2 Å². The summed E-state index contributed by atoms with van der Waals surface area (Å²) in [6.07, 6.45) is 4.25. The first-order valence-electron chi connectivity index (χ1n) is 18.9. The van der Waals surface area contributed by atoms with Gasteiger partial charge in [-0.15, -0.1) is 0 Å². The third kappa shape index (κ3) is 6.02. The van der Waals surface area contributed by atoms with Gasteiger partial charge < -0.3 is 34.1 Å². The molecule has 0 radical (unpaired) electrons. The normalized spacial score (nSPS) is 24.1. The van der Waals surface area contributed by atoms with E-state index in [1.54, 1.807) is 23.1 Å². The second kappa shape index (κ2) is 14.1. The lowest BCUT2D eigenvalue weighted by Crippen LogP contribution is -2.52. The Hall–Kier alpha value is -4.85. The molecule has 282 valence electrons. The SMILES string of the molecule is C=Cc1c(F)ccc2cccc(-c3cc4c5c(nc(OC[C@@]67CC[C@@H](COC(=O)N8CCOCC8)N6CC(=C)C7)nc5c3F)N3CCNC[C@H]3CCO4)c12. The van der Waals surface area contributed by atoms with Crippen molar-refractivity contribution >= 4 is 39.7 Å². The Labute approximate surface area is 312 Å². The van der Waals surface area contributed by atoms with Gasteiger partial charge in [0, 0.05) is 68.9 Å². The highest BCUT2D eigenvalue weighted by atomic mass is 19.1. The molecular weight excluding hydrogens is 694 g/mol. The zero-order valence-electron chi connectivity index (χ0n) is 30.3. The molecular formula is C41H44F2N6O5. The number of amides is 1. The van der Waals surface area contributed by atoms with E-state index in [1.165, 1.54) is 12.1 Å². The van der Waals surface area contributed by atoms with Crippen LogP contribution in [0.3, 0.4) is 0 Å². The number of carbonyl (C=O) groups excluding carboxylic acids is 1. The number of nitrogens with one attached hydrogen (secondary N) is 1. The van der Waals surface area contributed by atoms with Gasteiger partial charge in [-0.3, -0.25) is 4.90 Å². The Morgan fingerprint density at radius 1 is 1.07 bits per heavy atom. The van der Waals surface area contributed by atoms with Gasteiger partial charge in [-0.2, -0.15) is 9.97 Å². The highest BCUT2D eigenvalue weighted by Crippen LogP contribution is 2.46. The van der Waals surface area contributed by atoms with Crippen molar-refractivity contribution in [3.8, 4) is 22.9 Å². The molecule has 0 bridgehead atoms. The quantitative estimate of drug-likeness (QED) is 0.229. The largest absolute Gasteiger partial charge is 0.493 e. The van der Waals surface area contributed by atoms with E-state index >= 15 is 8.78 Å². The van der Waals surface area contributed by atoms with Crippen LogP contribution >= 0.6 is 0 Å². The summed E-state index contributed by atoms with van der Waals surface area (Å²) < 4.78 is 56.5. The van der Waals surface area contributed by atoms with Crippen molar-refractivity contribution < 1.29 is 32.5 Å². The Morgan fingerprint density at radius 3 is 2.80 bits per heavy atom. The molecule has 54 heavy (non-hydrogen) atoms. The number of piperazine rings is 1. The number of benzene rings is 3. The maximum absolute atomic E-state index is 17.3. The van der Waals surface area contributed by atoms with Crippen LogP contribution in [0.2, 0.25) is 0 Å². The monoisotopic (exact) mass is 738 g/mol. The number of rotatable bonds is 7. The van der Waals surface area contributed by atoms with Gasteiger partial charge in [-0.1, -0.05) is 49.1 Å². The first kappa shape index (κ1) is 34.9. The van der Waals surface area contributed by atoms with Crippen LogP contribution in [0, 0.1) is 11.6 Å². The summed E-state index contributed by atoms with van der Waals surface area (Å²) in [7, 11) is 0. The maximum Gasteiger partial charge on any atom is 0.409 e. The average molecular weight is 739 g/mol. The number of carbonyl (C=O) groups is 1. The van der Waals surface area contributed by atoms with E-state index in [4.69, 9.17) is 28.9 Å². The van der Waals surface area contributed by atoms with Gasteiger partial charge in [0.2, 0.25) is 0 Å². The van der Waals surface area contributed by atoms with Crippen molar-refractivity contribution in [2.75, 3.05) is 77.2 Å². The van der Waals surface area contributed by atoms with Crippen LogP contribution in [-0.4, -0.2) is 116 Å². The zero-order valence-corrected chi connectivity index (χ0v) is 30.3. The molecule has 5 aliphatic heterocycles. The maximum atomic E-state index is 17.3. The van der Waals surface area contributed by atoms with Crippen molar-refractivity contribution in [3.63, 3.8) is 0 Å². The number of fused-ring (bicyclic) bond motifs is 4. The van der Waals surface area contributed by atoms with E-state index in [0.29, 0.717) is 79.5 Å². The van der Waals surface area contributed by atoms with Gasteiger partial charge in [-0.25, -0.2) is 13.6 Å². The fourth-order valence-corrected chi connectivity index (χ4v) is 9.15. The number of hydrogen-bond acceptors (Lipinski definition) is 10. The van der Waals surface area contributed by atoms with E-state index in [1.807, 2.05) is 12.1 Å². The van der Waals surface area contributed by atoms with Crippen LogP contribution in [0.15, 0.2) is 55.1 Å². The molecule has 3 atom stereocenters. The van der Waals surface area contributed by atoms with Gasteiger partial charge >= 0.3 is 12.1 Å². The Kier molecular flexibility index (Phi) is 9.11. The predicted octanol–water partition coefficient (Wildman–Crippen LogP) is 5.94. The summed E-state index contributed by atoms with van der Waals surface area (Å²) >= 11 is 0. The van der Waals surface area contributed by atoms with Gasteiger partial charge in [-0.05, 0) is 47.7 Å². The van der Waals surface area contributed by atoms with Gasteiger partial charge in [0.15, 0.2) is 5.82 Å². The predicted molar refractivity (Wildman–Crippen MR) is 202 cm³/mol. The van der Waals surface area contributed by atoms with Crippen LogP contribution in [-0.2, 0) is 9.47 Å². The molecule has 11 nitrogen and oxygen atoms in total. The lowest BCUT2D eigenvalue weighted by Gasteiger charge is -2.39. The van der Waals surface area contributed by atoms with Gasteiger partial charge in [0.1, 0.15) is 36.1 Å². The first-order chi connectivity index (χ1) is 26.3. The molecule has 5 aliphatic rings. The minimum absolute atomic E-state index is 0.0103. The number of aromatic nitrogens is 2. The van der Waals surface area contributed by atoms with Gasteiger partial charge in [0.25, 0.3) is 0 Å².